The Bertz CT molecular complexity index is 1040. The summed E-state index contributed by atoms with van der Waals surface area (Å²) in [6.45, 7) is 3.56. The Morgan fingerprint density at radius 1 is 0.632 bits per heavy atom. The summed E-state index contributed by atoms with van der Waals surface area (Å²) in [7, 11) is 0. The molecule has 0 atom stereocenters. The van der Waals surface area contributed by atoms with Crippen molar-refractivity contribution in [2.75, 3.05) is 13.2 Å². The fraction of sp³-hybridized carbons (Fsp3) is 0.385. The molecular formula is C26H32Br2N4O6. The number of rotatable bonds is 13. The van der Waals surface area contributed by atoms with Gasteiger partial charge in [-0.2, -0.15) is 0 Å². The molecule has 10 nitrogen and oxygen atoms in total. The number of hydrazine groups is 2. The molecule has 0 radical (unpaired) electrons. The lowest BCUT2D eigenvalue weighted by atomic mass is 10.2. The van der Waals surface area contributed by atoms with Crippen LogP contribution in [0.15, 0.2) is 45.3 Å². The second kappa shape index (κ2) is 16.7. The summed E-state index contributed by atoms with van der Waals surface area (Å²) >= 11 is 6.80. The van der Waals surface area contributed by atoms with E-state index >= 15 is 0 Å². The molecule has 0 aromatic heterocycles. The summed E-state index contributed by atoms with van der Waals surface area (Å²) in [6.07, 6.45) is 2.84. The van der Waals surface area contributed by atoms with E-state index in [2.05, 4.69) is 53.6 Å². The predicted molar refractivity (Wildman–Crippen MR) is 149 cm³/mol. The van der Waals surface area contributed by atoms with E-state index in [1.54, 1.807) is 12.1 Å². The third kappa shape index (κ3) is 11.5. The maximum atomic E-state index is 11.9. The first-order chi connectivity index (χ1) is 18.2. The lowest BCUT2D eigenvalue weighted by Gasteiger charge is -2.11. The number of aryl methyl sites for hydroxylation is 2. The smallest absolute Gasteiger partial charge is 0.276 e. The Balaban J connectivity index is 1.53. The normalized spacial score (nSPS) is 10.3. The first kappa shape index (κ1) is 31.1. The van der Waals surface area contributed by atoms with E-state index in [0.29, 0.717) is 24.3 Å². The first-order valence-corrected chi connectivity index (χ1v) is 13.8. The molecule has 0 unspecified atom stereocenters. The van der Waals surface area contributed by atoms with E-state index in [-0.39, 0.29) is 26.1 Å². The van der Waals surface area contributed by atoms with Gasteiger partial charge < -0.3 is 9.47 Å². The number of carbonyl (C=O) groups is 4. The summed E-state index contributed by atoms with van der Waals surface area (Å²) in [6, 6.07) is 11.2. The number of benzene rings is 2. The lowest BCUT2D eigenvalue weighted by Crippen LogP contribution is -2.44. The number of unbranched alkanes of at least 4 members (excludes halogenated alkanes) is 1. The minimum Gasteiger partial charge on any atom is -0.483 e. The molecule has 12 heteroatoms. The van der Waals surface area contributed by atoms with E-state index in [1.807, 2.05) is 38.1 Å². The van der Waals surface area contributed by atoms with Crippen LogP contribution in [-0.4, -0.2) is 36.8 Å². The van der Waals surface area contributed by atoms with Crippen LogP contribution in [-0.2, 0) is 32.0 Å². The van der Waals surface area contributed by atoms with Gasteiger partial charge in [0.05, 0.1) is 8.95 Å². The van der Waals surface area contributed by atoms with Gasteiger partial charge in [-0.05, 0) is 92.9 Å². The molecule has 4 amide bonds. The van der Waals surface area contributed by atoms with Crippen LogP contribution >= 0.6 is 31.9 Å². The van der Waals surface area contributed by atoms with Gasteiger partial charge in [-0.15, -0.1) is 0 Å². The highest BCUT2D eigenvalue weighted by atomic mass is 79.9. The summed E-state index contributed by atoms with van der Waals surface area (Å²) < 4.78 is 12.4. The van der Waals surface area contributed by atoms with Crippen LogP contribution in [0.5, 0.6) is 11.5 Å². The fourth-order valence-corrected chi connectivity index (χ4v) is 4.18. The van der Waals surface area contributed by atoms with Crippen molar-refractivity contribution in [1.29, 1.82) is 0 Å². The van der Waals surface area contributed by atoms with Gasteiger partial charge in [-0.3, -0.25) is 40.9 Å². The van der Waals surface area contributed by atoms with Crippen LogP contribution in [0.25, 0.3) is 0 Å². The van der Waals surface area contributed by atoms with Crippen LogP contribution in [0.2, 0.25) is 0 Å². The topological polar surface area (TPSA) is 135 Å². The minimum absolute atomic E-state index is 0.115. The summed E-state index contributed by atoms with van der Waals surface area (Å²) in [5.41, 5.74) is 11.5. The van der Waals surface area contributed by atoms with Crippen molar-refractivity contribution in [3.05, 3.63) is 56.5 Å². The number of nitrogens with one attached hydrogen (secondary N) is 4. The van der Waals surface area contributed by atoms with Crippen molar-refractivity contribution in [3.63, 3.8) is 0 Å². The van der Waals surface area contributed by atoms with E-state index in [9.17, 15) is 19.2 Å². The molecule has 0 aliphatic rings. The van der Waals surface area contributed by atoms with Crippen LogP contribution in [0.1, 0.15) is 50.7 Å². The lowest BCUT2D eigenvalue weighted by molar-refractivity contribution is -0.130. The average Bonchev–Trinajstić information content (AvgIpc) is 2.91. The Hall–Kier alpha value is -3.12. The largest absolute Gasteiger partial charge is 0.483 e. The molecule has 38 heavy (non-hydrogen) atoms. The molecule has 0 fully saturated rings. The Morgan fingerprint density at radius 3 is 1.34 bits per heavy atom. The number of halogens is 2. The Labute approximate surface area is 238 Å². The van der Waals surface area contributed by atoms with Gasteiger partial charge in [0, 0.05) is 12.8 Å². The molecule has 206 valence electrons. The van der Waals surface area contributed by atoms with Crippen LogP contribution in [0.4, 0.5) is 0 Å². The van der Waals surface area contributed by atoms with Gasteiger partial charge in [0.25, 0.3) is 11.8 Å². The molecule has 0 heterocycles. The second-order valence-corrected chi connectivity index (χ2v) is 9.92. The SMILES string of the molecule is CCc1ccc(OCC(=O)NNC(=O)CCCCC(=O)NNC(=O)COc2ccc(CC)cc2Br)c(Br)c1. The Kier molecular flexibility index (Phi) is 13.6. The number of hydrogen-bond acceptors (Lipinski definition) is 6. The minimum atomic E-state index is -0.505. The third-order valence-electron chi connectivity index (χ3n) is 5.27. The molecule has 0 saturated heterocycles. The fourth-order valence-electron chi connectivity index (χ4n) is 3.10. The number of carbonyl (C=O) groups excluding carboxylic acids is 4. The maximum absolute atomic E-state index is 11.9. The molecule has 0 spiro atoms. The molecule has 0 aliphatic heterocycles. The van der Waals surface area contributed by atoms with Crippen molar-refractivity contribution >= 4 is 55.5 Å². The molecular weight excluding hydrogens is 624 g/mol. The highest BCUT2D eigenvalue weighted by Gasteiger charge is 2.10. The van der Waals surface area contributed by atoms with Gasteiger partial charge >= 0.3 is 0 Å². The average molecular weight is 656 g/mol. The molecule has 4 N–H and O–H groups in total. The number of amides is 4. The van der Waals surface area contributed by atoms with Crippen LogP contribution < -0.4 is 31.2 Å². The maximum Gasteiger partial charge on any atom is 0.276 e. The van der Waals surface area contributed by atoms with Crippen LogP contribution in [0, 0.1) is 0 Å². The highest BCUT2D eigenvalue weighted by molar-refractivity contribution is 9.10. The Morgan fingerprint density at radius 2 is 1.00 bits per heavy atom. The third-order valence-corrected chi connectivity index (χ3v) is 6.51. The van der Waals surface area contributed by atoms with Gasteiger partial charge in [-0.25, -0.2) is 0 Å². The van der Waals surface area contributed by atoms with Gasteiger partial charge in [0.15, 0.2) is 13.2 Å². The second-order valence-electron chi connectivity index (χ2n) is 8.21. The molecule has 0 aliphatic carbocycles. The van der Waals surface area contributed by atoms with E-state index in [4.69, 9.17) is 9.47 Å². The summed E-state index contributed by atoms with van der Waals surface area (Å²) in [4.78, 5) is 47.6. The van der Waals surface area contributed by atoms with Gasteiger partial charge in [-0.1, -0.05) is 26.0 Å². The summed E-state index contributed by atoms with van der Waals surface area (Å²) in [5, 5.41) is 0. The van der Waals surface area contributed by atoms with Gasteiger partial charge in [0.1, 0.15) is 11.5 Å². The van der Waals surface area contributed by atoms with Crippen molar-refractivity contribution in [2.45, 2.75) is 52.4 Å². The van der Waals surface area contributed by atoms with E-state index in [1.165, 1.54) is 0 Å². The zero-order valence-electron chi connectivity index (χ0n) is 21.3. The van der Waals surface area contributed by atoms with Crippen molar-refractivity contribution in [3.8, 4) is 11.5 Å². The van der Waals surface area contributed by atoms with Crippen molar-refractivity contribution in [1.82, 2.24) is 21.7 Å². The monoisotopic (exact) mass is 654 g/mol. The molecule has 2 aromatic carbocycles. The summed E-state index contributed by atoms with van der Waals surface area (Å²) in [5.74, 6) is -0.740. The quantitative estimate of drug-likeness (QED) is 0.192. The molecule has 0 saturated carbocycles. The van der Waals surface area contributed by atoms with Crippen molar-refractivity contribution < 1.29 is 28.7 Å². The zero-order valence-corrected chi connectivity index (χ0v) is 24.5. The predicted octanol–water partition coefficient (Wildman–Crippen LogP) is 3.65. The molecule has 2 rings (SSSR count). The van der Waals surface area contributed by atoms with Crippen molar-refractivity contribution in [2.24, 2.45) is 0 Å². The number of ether oxygens (including phenoxy) is 2. The number of hydrogen-bond donors (Lipinski definition) is 4. The molecule has 0 bridgehead atoms. The standard InChI is InChI=1S/C26H32Br2N4O6/c1-3-17-9-11-21(19(27)13-17)37-15-25(35)31-29-23(33)7-5-6-8-24(34)30-32-26(36)16-38-22-12-10-18(4-2)14-20(22)28/h9-14H,3-8,15-16H2,1-2H3,(H,29,33)(H,30,34)(H,31,35)(H,32,36). The molecule has 2 aromatic rings. The highest BCUT2D eigenvalue weighted by Crippen LogP contribution is 2.27. The van der Waals surface area contributed by atoms with E-state index < -0.39 is 23.6 Å². The van der Waals surface area contributed by atoms with E-state index in [0.717, 1.165) is 32.9 Å². The first-order valence-electron chi connectivity index (χ1n) is 12.2. The van der Waals surface area contributed by atoms with Crippen LogP contribution in [0.3, 0.4) is 0 Å². The zero-order chi connectivity index (χ0) is 27.9. The van der Waals surface area contributed by atoms with Gasteiger partial charge in [0.2, 0.25) is 11.8 Å².